The summed E-state index contributed by atoms with van der Waals surface area (Å²) in [6.45, 7) is -0.0762. The third kappa shape index (κ3) is 4.37. The number of nitrogens with one attached hydrogen (secondary N) is 1. The van der Waals surface area contributed by atoms with Crippen LogP contribution in [0.2, 0.25) is 5.02 Å². The van der Waals surface area contributed by atoms with E-state index in [4.69, 9.17) is 13.0 Å². The Bertz CT molecular complexity index is 1240. The molecule has 0 spiro atoms. The van der Waals surface area contributed by atoms with Crippen LogP contribution in [0.4, 0.5) is 13.2 Å². The minimum atomic E-state index is -4.04. The molecule has 0 unspecified atom stereocenters. The number of aryl methyl sites for hydroxylation is 1. The highest BCUT2D eigenvalue weighted by atomic mass is 35.5. The predicted molar refractivity (Wildman–Crippen MR) is 111 cm³/mol. The van der Waals surface area contributed by atoms with Crippen molar-refractivity contribution in [3.05, 3.63) is 69.5 Å². The van der Waals surface area contributed by atoms with Crippen molar-refractivity contribution >= 4 is 35.1 Å². The van der Waals surface area contributed by atoms with Crippen LogP contribution in [0.1, 0.15) is 47.7 Å². The highest BCUT2D eigenvalue weighted by molar-refractivity contribution is 6.30. The average Bonchev–Trinajstić information content (AvgIpc) is 3.11. The molecule has 4 rings (SSSR count). The fourth-order valence-electron chi connectivity index (χ4n) is 3.92. The first kappa shape index (κ1) is 21.6. The number of hydrogen-bond donors (Lipinski definition) is 1. The van der Waals surface area contributed by atoms with Gasteiger partial charge in [-0.3, -0.25) is 24.5 Å². The van der Waals surface area contributed by atoms with E-state index < -0.39 is 53.2 Å². The van der Waals surface area contributed by atoms with Crippen molar-refractivity contribution in [2.24, 2.45) is 0 Å². The smallest absolute Gasteiger partial charge is 0.322 e. The Labute approximate surface area is 193 Å². The summed E-state index contributed by atoms with van der Waals surface area (Å²) in [6, 6.07) is 5.12. The fourth-order valence-corrected chi connectivity index (χ4v) is 4.08. The number of imide groups is 1. The van der Waals surface area contributed by atoms with Crippen LogP contribution in [0.3, 0.4) is 0 Å². The van der Waals surface area contributed by atoms with Crippen LogP contribution in [0.15, 0.2) is 36.4 Å². The van der Waals surface area contributed by atoms with Gasteiger partial charge in [-0.25, -0.2) is 4.39 Å². The number of benzene rings is 2. The molecule has 0 bridgehead atoms. The quantitative estimate of drug-likeness (QED) is 0.642. The van der Waals surface area contributed by atoms with Crippen LogP contribution >= 0.6 is 11.6 Å². The summed E-state index contributed by atoms with van der Waals surface area (Å²) < 4.78 is 51.4. The van der Waals surface area contributed by atoms with Crippen LogP contribution < -0.4 is 5.32 Å². The molecule has 33 heavy (non-hydrogen) atoms. The number of rotatable bonds is 6. The number of carbonyl (C=O) groups excluding carboxylic acids is 4. The van der Waals surface area contributed by atoms with E-state index in [1.165, 1.54) is 12.1 Å². The molecule has 2 aromatic carbocycles. The van der Waals surface area contributed by atoms with E-state index in [9.17, 15) is 32.3 Å². The molecule has 2 heterocycles. The van der Waals surface area contributed by atoms with Gasteiger partial charge < -0.3 is 4.90 Å². The number of amides is 3. The number of Topliss-reactive ketones (excluding diaryl/α,β-unsaturated/α-hetero) is 1. The second-order valence-corrected chi connectivity index (χ2v) is 8.26. The first-order chi connectivity index (χ1) is 15.9. The van der Waals surface area contributed by atoms with Crippen molar-refractivity contribution in [1.82, 2.24) is 10.2 Å². The number of piperidine rings is 1. The Balaban J connectivity index is 1.47. The van der Waals surface area contributed by atoms with Gasteiger partial charge in [-0.05, 0) is 48.2 Å². The molecule has 0 radical (unpaired) electrons. The number of alkyl halides is 2. The average molecular weight is 480 g/mol. The van der Waals surface area contributed by atoms with Crippen molar-refractivity contribution in [3.8, 4) is 0 Å². The number of nitrogens with zero attached hydrogens (tertiary/aromatic N) is 1. The van der Waals surface area contributed by atoms with Crippen LogP contribution in [-0.4, -0.2) is 34.4 Å². The van der Waals surface area contributed by atoms with Gasteiger partial charge in [0.05, 0.1) is 6.93 Å². The molecular formula is C23H18ClF3N2O4. The molecule has 10 heteroatoms. The first-order valence-corrected chi connectivity index (χ1v) is 10.5. The van der Waals surface area contributed by atoms with Crippen LogP contribution in [0, 0.1) is 5.82 Å². The zero-order valence-electron chi connectivity index (χ0n) is 18.1. The lowest BCUT2D eigenvalue weighted by atomic mass is 9.97. The number of hydrogen-bond acceptors (Lipinski definition) is 4. The van der Waals surface area contributed by atoms with E-state index in [2.05, 4.69) is 5.32 Å². The monoisotopic (exact) mass is 479 g/mol. The highest BCUT2D eigenvalue weighted by Gasteiger charge is 2.42. The fraction of sp³-hybridized carbons (Fsp3) is 0.304. The summed E-state index contributed by atoms with van der Waals surface area (Å²) in [5.41, 5.74) is 0.153. The van der Waals surface area contributed by atoms with Gasteiger partial charge in [0.2, 0.25) is 17.6 Å². The largest absolute Gasteiger partial charge is 0.333 e. The van der Waals surface area contributed by atoms with E-state index in [1.807, 2.05) is 0 Å². The molecule has 1 saturated heterocycles. The minimum absolute atomic E-state index is 0.0713. The number of carbonyl (C=O) groups is 4. The summed E-state index contributed by atoms with van der Waals surface area (Å²) in [5, 5.41) is 2.00. The molecule has 2 aliphatic heterocycles. The number of halogens is 4. The molecule has 1 atom stereocenters. The van der Waals surface area contributed by atoms with Crippen molar-refractivity contribution in [2.75, 3.05) is 0 Å². The number of ketones is 1. The maximum atomic E-state index is 14.5. The topological polar surface area (TPSA) is 83.6 Å². The minimum Gasteiger partial charge on any atom is -0.322 e. The molecule has 2 aliphatic rings. The van der Waals surface area contributed by atoms with Crippen molar-refractivity contribution in [3.63, 3.8) is 0 Å². The Hall–Kier alpha value is -3.20. The van der Waals surface area contributed by atoms with Gasteiger partial charge >= 0.3 is 5.92 Å². The summed E-state index contributed by atoms with van der Waals surface area (Å²) in [4.78, 5) is 49.7. The molecule has 6 nitrogen and oxygen atoms in total. The Morgan fingerprint density at radius 2 is 1.97 bits per heavy atom. The van der Waals surface area contributed by atoms with Gasteiger partial charge in [0.1, 0.15) is 11.8 Å². The van der Waals surface area contributed by atoms with Crippen LogP contribution in [0.25, 0.3) is 0 Å². The second-order valence-electron chi connectivity index (χ2n) is 7.83. The van der Waals surface area contributed by atoms with E-state index in [-0.39, 0.29) is 36.4 Å². The third-order valence-corrected chi connectivity index (χ3v) is 5.90. The summed E-state index contributed by atoms with van der Waals surface area (Å²) in [7, 11) is 0. The van der Waals surface area contributed by atoms with Gasteiger partial charge in [-0.2, -0.15) is 8.78 Å². The van der Waals surface area contributed by atoms with Gasteiger partial charge in [0.25, 0.3) is 5.91 Å². The van der Waals surface area contributed by atoms with Gasteiger partial charge in [-0.1, -0.05) is 23.7 Å². The van der Waals surface area contributed by atoms with Crippen molar-refractivity contribution in [1.29, 1.82) is 0 Å². The molecule has 2 aromatic rings. The molecule has 0 aliphatic carbocycles. The predicted octanol–water partition coefficient (Wildman–Crippen LogP) is 3.53. The lowest BCUT2D eigenvalue weighted by Gasteiger charge is -2.29. The lowest BCUT2D eigenvalue weighted by Crippen LogP contribution is -2.52. The Morgan fingerprint density at radius 1 is 1.21 bits per heavy atom. The molecular weight excluding hydrogens is 461 g/mol. The highest BCUT2D eigenvalue weighted by Crippen LogP contribution is 2.34. The van der Waals surface area contributed by atoms with Crippen LogP contribution in [0.5, 0.6) is 0 Å². The van der Waals surface area contributed by atoms with Gasteiger partial charge in [0, 0.05) is 30.0 Å². The molecule has 0 saturated carbocycles. The third-order valence-electron chi connectivity index (χ3n) is 5.66. The summed E-state index contributed by atoms with van der Waals surface area (Å²) in [6.07, 6.45) is -0.898. The first-order valence-electron chi connectivity index (χ1n) is 10.6. The van der Waals surface area contributed by atoms with Crippen molar-refractivity contribution in [2.45, 2.75) is 44.2 Å². The standard InChI is InChI=1S/C23H18ClF3N2O4/c24-14-3-5-16(17(25)10-14)23(26,27)19(30)7-2-12-1-4-15-13(9-12)11-29(22(15)33)18-6-8-20(31)28-21(18)32/h1,3-5,9-10,18H,2,6-8,11H2,(H,28,31,32)/t18-/m0/s1/i18D. The SMILES string of the molecule is [2H][C@]1(N2Cc3cc(CCC(=O)C(F)(F)c4ccc(Cl)cc4F)ccc3C2=O)CCC(=O)NC1=O. The maximum Gasteiger partial charge on any atom is 0.333 e. The summed E-state index contributed by atoms with van der Waals surface area (Å²) >= 11 is 5.58. The lowest BCUT2D eigenvalue weighted by molar-refractivity contribution is -0.144. The Morgan fingerprint density at radius 3 is 2.67 bits per heavy atom. The molecule has 1 N–H and O–H groups in total. The van der Waals surface area contributed by atoms with E-state index in [1.54, 1.807) is 6.07 Å². The molecule has 172 valence electrons. The van der Waals surface area contributed by atoms with Crippen molar-refractivity contribution < 1.29 is 33.7 Å². The van der Waals surface area contributed by atoms with Gasteiger partial charge in [0.15, 0.2) is 0 Å². The van der Waals surface area contributed by atoms with E-state index >= 15 is 0 Å². The summed E-state index contributed by atoms with van der Waals surface area (Å²) in [5.74, 6) is -8.74. The number of fused-ring (bicyclic) bond motifs is 1. The zero-order chi connectivity index (χ0) is 24.8. The Kier molecular flexibility index (Phi) is 5.65. The zero-order valence-corrected chi connectivity index (χ0v) is 17.8. The molecule has 1 fully saturated rings. The second kappa shape index (κ2) is 8.62. The van der Waals surface area contributed by atoms with Crippen LogP contribution in [-0.2, 0) is 33.3 Å². The van der Waals surface area contributed by atoms with Gasteiger partial charge in [-0.15, -0.1) is 0 Å². The van der Waals surface area contributed by atoms with E-state index in [0.29, 0.717) is 17.2 Å². The maximum absolute atomic E-state index is 14.5. The normalized spacial score (nSPS) is 21.0. The van der Waals surface area contributed by atoms with E-state index in [0.717, 1.165) is 17.0 Å². The molecule has 0 aromatic heterocycles. The molecule has 3 amide bonds.